The molecule has 0 spiro atoms. The summed E-state index contributed by atoms with van der Waals surface area (Å²) in [7, 11) is -1.75. The van der Waals surface area contributed by atoms with Gasteiger partial charge in [-0.1, -0.05) is 109 Å². The molecule has 0 bridgehead atoms. The molecular weight excluding hydrogens is 604 g/mol. The fourth-order valence-corrected chi connectivity index (χ4v) is 9.78. The molecule has 0 N–H and O–H groups in total. The van der Waals surface area contributed by atoms with E-state index in [0.29, 0.717) is 0 Å². The first-order valence-corrected chi connectivity index (χ1v) is 16.3. The molecule has 0 unspecified atom stereocenters. The second-order valence-corrected chi connectivity index (χ2v) is 14.0. The number of rotatable bonds is 6. The molecule has 6 aromatic rings. The first-order valence-electron chi connectivity index (χ1n) is 13.3. The van der Waals surface area contributed by atoms with Crippen molar-refractivity contribution in [1.82, 2.24) is 0 Å². The van der Waals surface area contributed by atoms with Crippen molar-refractivity contribution >= 4 is 47.7 Å². The van der Waals surface area contributed by atoms with E-state index in [1.165, 1.54) is 31.8 Å². The molecule has 0 aliphatic carbocycles. The fraction of sp³-hybridized carbons (Fsp3) is 0. The zero-order chi connectivity index (χ0) is 28.5. The molecule has 0 radical (unpaired) electrons. The maximum Gasteiger partial charge on any atom is 1.00 e. The molecule has 0 saturated heterocycles. The van der Waals surface area contributed by atoms with E-state index in [0.717, 1.165) is 5.34 Å². The summed E-state index contributed by atoms with van der Waals surface area (Å²) in [6.07, 6.45) is 0. The third-order valence-electron chi connectivity index (χ3n) is 6.37. The number of nitrogens with zero attached hydrogens (tertiary/aromatic N) is 1. The molecule has 0 aromatic heterocycles. The smallest absolute Gasteiger partial charge is 0.444 e. The maximum atomic E-state index is 8.00. The van der Waals surface area contributed by atoms with Crippen LogP contribution in [0.2, 0.25) is 0 Å². The molecule has 42 heavy (non-hydrogen) atoms. The van der Waals surface area contributed by atoms with Crippen LogP contribution in [0.3, 0.4) is 0 Å². The summed E-state index contributed by atoms with van der Waals surface area (Å²) >= 11 is 0. The average Bonchev–Trinajstić information content (AvgIpc) is 3.05. The first kappa shape index (κ1) is 32.6. The van der Waals surface area contributed by atoms with Crippen molar-refractivity contribution in [3.8, 4) is 0 Å². The summed E-state index contributed by atoms with van der Waals surface area (Å²) in [6.45, 7) is 0. The van der Waals surface area contributed by atoms with Gasteiger partial charge in [-0.3, -0.25) is 0 Å². The van der Waals surface area contributed by atoms with Gasteiger partial charge in [-0.05, 0) is 72.8 Å². The van der Waals surface area contributed by atoms with Crippen LogP contribution in [0.4, 0.5) is 0 Å². The van der Waals surface area contributed by atoms with Gasteiger partial charge < -0.3 is 10.1 Å². The Balaban J connectivity index is 0.000000207. The molecule has 0 aliphatic rings. The van der Waals surface area contributed by atoms with Crippen LogP contribution in [0.1, 0.15) is 0 Å². The standard InChI is InChI=1S/2C18H15P.Cu.HNO2/c2*1-4-10-16(11-5-1)19(17-12-6-2-7-13-17)18-14-8-3-9-15-18;;2-1-3/h2*1-15H;;(H,2,3)/q;;+1;/p+1. The zero-order valence-corrected chi connectivity index (χ0v) is 25.8. The van der Waals surface area contributed by atoms with E-state index in [9.17, 15) is 0 Å². The largest absolute Gasteiger partial charge is 1.00 e. The second kappa shape index (κ2) is 18.5. The maximum absolute atomic E-state index is 8.00. The minimum atomic E-state index is -0.877. The van der Waals surface area contributed by atoms with Crippen molar-refractivity contribution in [3.05, 3.63) is 192 Å². The predicted molar refractivity (Wildman–Crippen MR) is 182 cm³/mol. The van der Waals surface area contributed by atoms with Crippen molar-refractivity contribution < 1.29 is 17.1 Å². The van der Waals surface area contributed by atoms with Crippen LogP contribution in [-0.4, -0.2) is 0 Å². The van der Waals surface area contributed by atoms with Crippen LogP contribution in [0.15, 0.2) is 187 Å². The topological polar surface area (TPSA) is 52.5 Å². The Labute approximate surface area is 261 Å². The Morgan fingerprint density at radius 1 is 0.333 bits per heavy atom. The van der Waals surface area contributed by atoms with Crippen molar-refractivity contribution in [2.75, 3.05) is 0 Å². The van der Waals surface area contributed by atoms with Crippen molar-refractivity contribution in [1.29, 1.82) is 0 Å². The second-order valence-electron chi connectivity index (χ2n) is 9.02. The Kier molecular flexibility index (Phi) is 14.4. The van der Waals surface area contributed by atoms with E-state index in [2.05, 4.69) is 182 Å². The van der Waals surface area contributed by atoms with Crippen molar-refractivity contribution in [3.63, 3.8) is 0 Å². The normalized spacial score (nSPS) is 9.86. The molecule has 3 nitrogen and oxygen atoms in total. The molecule has 6 rings (SSSR count). The Morgan fingerprint density at radius 3 is 0.571 bits per heavy atom. The minimum absolute atomic E-state index is 0. The van der Waals surface area contributed by atoms with Crippen LogP contribution >= 0.6 is 15.8 Å². The van der Waals surface area contributed by atoms with E-state index >= 15 is 0 Å². The van der Waals surface area contributed by atoms with E-state index in [4.69, 9.17) is 10.1 Å². The summed E-state index contributed by atoms with van der Waals surface area (Å²) in [5.74, 6) is 0. The number of hydrogen-bond acceptors (Lipinski definition) is 3. The van der Waals surface area contributed by atoms with E-state index in [1.807, 2.05) is 0 Å². The molecule has 0 aliphatic heterocycles. The first-order chi connectivity index (χ1) is 20.3. The quantitative estimate of drug-likeness (QED) is 0.0896. The molecule has 0 fully saturated rings. The van der Waals surface area contributed by atoms with E-state index in [1.54, 1.807) is 0 Å². The van der Waals surface area contributed by atoms with Gasteiger partial charge in [0.15, 0.2) is 0 Å². The summed E-state index contributed by atoms with van der Waals surface area (Å²) in [6, 6.07) is 65.0. The summed E-state index contributed by atoms with van der Waals surface area (Å²) < 4.78 is 0. The molecule has 6 heteroatoms. The van der Waals surface area contributed by atoms with E-state index in [-0.39, 0.29) is 17.1 Å². The summed E-state index contributed by atoms with van der Waals surface area (Å²) in [4.78, 5) is 8.00. The SMILES string of the molecule is O=N[O-].[Cu+].c1ccc([PH+](c2ccccc2)c2ccccc2)cc1.c1ccc([PH+](c2ccccc2)c2ccccc2)cc1. The van der Waals surface area contributed by atoms with Crippen LogP contribution < -0.4 is 31.8 Å². The molecule has 0 amide bonds. The van der Waals surface area contributed by atoms with Gasteiger partial charge in [-0.2, -0.15) is 0 Å². The number of benzene rings is 6. The van der Waals surface area contributed by atoms with Gasteiger partial charge in [0.2, 0.25) is 0 Å². The third kappa shape index (κ3) is 9.59. The van der Waals surface area contributed by atoms with Crippen molar-refractivity contribution in [2.45, 2.75) is 0 Å². The molecule has 0 saturated carbocycles. The van der Waals surface area contributed by atoms with Gasteiger partial charge in [0, 0.05) is 0 Å². The molecule has 6 aromatic carbocycles. The average molecular weight is 636 g/mol. The minimum Gasteiger partial charge on any atom is -0.444 e. The van der Waals surface area contributed by atoms with Crippen LogP contribution in [0.5, 0.6) is 0 Å². The van der Waals surface area contributed by atoms with Gasteiger partial charge >= 0.3 is 17.1 Å². The van der Waals surface area contributed by atoms with E-state index < -0.39 is 15.8 Å². The zero-order valence-electron chi connectivity index (χ0n) is 22.9. The van der Waals surface area contributed by atoms with Gasteiger partial charge in [-0.15, -0.1) is 5.34 Å². The fourth-order valence-electron chi connectivity index (χ4n) is 4.63. The third-order valence-corrected chi connectivity index (χ3v) is 11.8. The molecular formula is C36H32CuNO2P2+2. The monoisotopic (exact) mass is 635 g/mol. The Morgan fingerprint density at radius 2 is 0.452 bits per heavy atom. The van der Waals surface area contributed by atoms with Crippen LogP contribution in [-0.2, 0) is 17.1 Å². The molecule has 0 atom stereocenters. The Hall–Kier alpha value is -3.90. The molecule has 0 heterocycles. The van der Waals surface area contributed by atoms with Crippen LogP contribution in [0, 0.1) is 10.1 Å². The van der Waals surface area contributed by atoms with Gasteiger partial charge in [-0.25, -0.2) is 0 Å². The summed E-state index contributed by atoms with van der Waals surface area (Å²) in [5, 5.41) is 17.6. The van der Waals surface area contributed by atoms with Gasteiger partial charge in [0.05, 0.1) is 15.8 Å². The van der Waals surface area contributed by atoms with Gasteiger partial charge in [0.1, 0.15) is 31.8 Å². The van der Waals surface area contributed by atoms with Gasteiger partial charge in [0.25, 0.3) is 0 Å². The van der Waals surface area contributed by atoms with Crippen molar-refractivity contribution in [2.24, 2.45) is 5.34 Å². The Bertz CT molecular complexity index is 1240. The number of hydrogen-bond donors (Lipinski definition) is 0. The predicted octanol–water partition coefficient (Wildman–Crippen LogP) is 6.60. The van der Waals surface area contributed by atoms with Crippen LogP contribution in [0.25, 0.3) is 0 Å². The molecule has 212 valence electrons. The summed E-state index contributed by atoms with van der Waals surface area (Å²) in [5.41, 5.74) is 0.